The van der Waals surface area contributed by atoms with Crippen LogP contribution in [0.3, 0.4) is 0 Å². The maximum Gasteiger partial charge on any atom is 0.160 e. The minimum atomic E-state index is 0.0964. The standard InChI is InChI=1S/C17H18O2/c1-13(18)16-5-3-4-6-17(16)15-9-7-14(8-10-15)11-12-19-2/h3-10H,11-12H2,1-2H3. The monoisotopic (exact) mass is 254 g/mol. The molecule has 0 aromatic heterocycles. The Hall–Kier alpha value is -1.93. The fourth-order valence-electron chi connectivity index (χ4n) is 2.11. The zero-order chi connectivity index (χ0) is 13.7. The average molecular weight is 254 g/mol. The van der Waals surface area contributed by atoms with Crippen LogP contribution in [0.1, 0.15) is 22.8 Å². The Kier molecular flexibility index (Phi) is 4.48. The smallest absolute Gasteiger partial charge is 0.160 e. The molecule has 0 bridgehead atoms. The zero-order valence-corrected chi connectivity index (χ0v) is 11.3. The Labute approximate surface area is 114 Å². The first-order valence-corrected chi connectivity index (χ1v) is 6.40. The number of methoxy groups -OCH3 is 1. The molecule has 0 amide bonds. The summed E-state index contributed by atoms with van der Waals surface area (Å²) in [6.07, 6.45) is 0.908. The van der Waals surface area contributed by atoms with Gasteiger partial charge in [-0.25, -0.2) is 0 Å². The normalized spacial score (nSPS) is 10.4. The van der Waals surface area contributed by atoms with Crippen molar-refractivity contribution in [3.63, 3.8) is 0 Å². The molecule has 0 fully saturated rings. The molecule has 0 aliphatic rings. The van der Waals surface area contributed by atoms with Crippen molar-refractivity contribution >= 4 is 5.78 Å². The lowest BCUT2D eigenvalue weighted by Gasteiger charge is -2.08. The number of carbonyl (C=O) groups excluding carboxylic acids is 1. The number of hydrogen-bond donors (Lipinski definition) is 0. The van der Waals surface area contributed by atoms with Gasteiger partial charge in [0, 0.05) is 12.7 Å². The molecule has 2 aromatic rings. The minimum Gasteiger partial charge on any atom is -0.384 e. The van der Waals surface area contributed by atoms with E-state index in [-0.39, 0.29) is 5.78 Å². The molecule has 0 aliphatic heterocycles. The fourth-order valence-corrected chi connectivity index (χ4v) is 2.11. The summed E-state index contributed by atoms with van der Waals surface area (Å²) >= 11 is 0. The number of hydrogen-bond acceptors (Lipinski definition) is 2. The second-order valence-corrected chi connectivity index (χ2v) is 4.54. The molecule has 0 atom stereocenters. The molecule has 98 valence electrons. The van der Waals surface area contributed by atoms with E-state index in [0.717, 1.165) is 29.7 Å². The highest BCUT2D eigenvalue weighted by Gasteiger charge is 2.07. The fraction of sp³-hybridized carbons (Fsp3) is 0.235. The van der Waals surface area contributed by atoms with Gasteiger partial charge in [0.15, 0.2) is 5.78 Å². The van der Waals surface area contributed by atoms with E-state index in [1.165, 1.54) is 5.56 Å². The highest BCUT2D eigenvalue weighted by atomic mass is 16.5. The SMILES string of the molecule is COCCc1ccc(-c2ccccc2C(C)=O)cc1. The number of rotatable bonds is 5. The molecule has 0 saturated carbocycles. The van der Waals surface area contributed by atoms with E-state index in [1.807, 2.05) is 24.3 Å². The van der Waals surface area contributed by atoms with Crippen molar-refractivity contribution in [3.05, 3.63) is 59.7 Å². The molecule has 19 heavy (non-hydrogen) atoms. The summed E-state index contributed by atoms with van der Waals surface area (Å²) in [5, 5.41) is 0. The van der Waals surface area contributed by atoms with Crippen molar-refractivity contribution in [2.24, 2.45) is 0 Å². The van der Waals surface area contributed by atoms with E-state index in [0.29, 0.717) is 0 Å². The Morgan fingerprint density at radius 1 is 1.05 bits per heavy atom. The molecule has 0 radical (unpaired) electrons. The quantitative estimate of drug-likeness (QED) is 0.760. The summed E-state index contributed by atoms with van der Waals surface area (Å²) < 4.78 is 5.07. The number of benzene rings is 2. The summed E-state index contributed by atoms with van der Waals surface area (Å²) in [5.74, 6) is 0.0964. The summed E-state index contributed by atoms with van der Waals surface area (Å²) in [5.41, 5.74) is 4.08. The molecule has 0 unspecified atom stereocenters. The molecule has 0 heterocycles. The van der Waals surface area contributed by atoms with Gasteiger partial charge >= 0.3 is 0 Å². The molecule has 2 aromatic carbocycles. The van der Waals surface area contributed by atoms with Gasteiger partial charge in [0.25, 0.3) is 0 Å². The lowest BCUT2D eigenvalue weighted by atomic mass is 9.96. The molecular weight excluding hydrogens is 236 g/mol. The lowest BCUT2D eigenvalue weighted by Crippen LogP contribution is -1.96. The summed E-state index contributed by atoms with van der Waals surface area (Å²) in [6, 6.07) is 16.0. The molecule has 0 spiro atoms. The van der Waals surface area contributed by atoms with E-state index in [2.05, 4.69) is 24.3 Å². The molecular formula is C17H18O2. The Morgan fingerprint density at radius 2 is 1.74 bits per heavy atom. The van der Waals surface area contributed by atoms with Crippen molar-refractivity contribution in [2.45, 2.75) is 13.3 Å². The Bertz CT molecular complexity index is 556. The highest BCUT2D eigenvalue weighted by molar-refractivity contribution is 6.00. The third-order valence-corrected chi connectivity index (χ3v) is 3.17. The minimum absolute atomic E-state index is 0.0964. The van der Waals surface area contributed by atoms with Crippen molar-refractivity contribution in [1.82, 2.24) is 0 Å². The van der Waals surface area contributed by atoms with Gasteiger partial charge in [-0.05, 0) is 30.0 Å². The second kappa shape index (κ2) is 6.30. The third kappa shape index (κ3) is 3.30. The highest BCUT2D eigenvalue weighted by Crippen LogP contribution is 2.24. The molecule has 2 heteroatoms. The molecule has 0 aliphatic carbocycles. The predicted octanol–water partition coefficient (Wildman–Crippen LogP) is 3.75. The van der Waals surface area contributed by atoms with Crippen LogP contribution in [0.4, 0.5) is 0 Å². The van der Waals surface area contributed by atoms with Crippen molar-refractivity contribution in [1.29, 1.82) is 0 Å². The first kappa shape index (κ1) is 13.5. The molecule has 2 rings (SSSR count). The van der Waals surface area contributed by atoms with E-state index < -0.39 is 0 Å². The number of Topliss-reactive ketones (excluding diaryl/α,β-unsaturated/α-hetero) is 1. The van der Waals surface area contributed by atoms with E-state index in [1.54, 1.807) is 14.0 Å². The summed E-state index contributed by atoms with van der Waals surface area (Å²) in [4.78, 5) is 11.6. The first-order valence-electron chi connectivity index (χ1n) is 6.40. The number of ketones is 1. The van der Waals surface area contributed by atoms with Crippen LogP contribution in [0.2, 0.25) is 0 Å². The summed E-state index contributed by atoms with van der Waals surface area (Å²) in [6.45, 7) is 2.33. The third-order valence-electron chi connectivity index (χ3n) is 3.17. The van der Waals surface area contributed by atoms with Gasteiger partial charge in [0.2, 0.25) is 0 Å². The van der Waals surface area contributed by atoms with Crippen LogP contribution in [-0.4, -0.2) is 19.5 Å². The summed E-state index contributed by atoms with van der Waals surface area (Å²) in [7, 11) is 1.71. The van der Waals surface area contributed by atoms with E-state index >= 15 is 0 Å². The van der Waals surface area contributed by atoms with Crippen molar-refractivity contribution in [2.75, 3.05) is 13.7 Å². The second-order valence-electron chi connectivity index (χ2n) is 4.54. The van der Waals surface area contributed by atoms with Crippen LogP contribution in [0.5, 0.6) is 0 Å². The Balaban J connectivity index is 2.30. The van der Waals surface area contributed by atoms with E-state index in [4.69, 9.17) is 4.74 Å². The first-order chi connectivity index (χ1) is 9.22. The van der Waals surface area contributed by atoms with Crippen LogP contribution >= 0.6 is 0 Å². The van der Waals surface area contributed by atoms with E-state index in [9.17, 15) is 4.79 Å². The topological polar surface area (TPSA) is 26.3 Å². The van der Waals surface area contributed by atoms with Gasteiger partial charge in [0.05, 0.1) is 6.61 Å². The van der Waals surface area contributed by atoms with Gasteiger partial charge in [-0.3, -0.25) is 4.79 Å². The lowest BCUT2D eigenvalue weighted by molar-refractivity contribution is 0.101. The van der Waals surface area contributed by atoms with Gasteiger partial charge in [-0.1, -0.05) is 48.5 Å². The van der Waals surface area contributed by atoms with Crippen LogP contribution in [-0.2, 0) is 11.2 Å². The van der Waals surface area contributed by atoms with Crippen molar-refractivity contribution in [3.8, 4) is 11.1 Å². The maximum atomic E-state index is 11.6. The van der Waals surface area contributed by atoms with Crippen LogP contribution in [0.15, 0.2) is 48.5 Å². The van der Waals surface area contributed by atoms with Gasteiger partial charge < -0.3 is 4.74 Å². The largest absolute Gasteiger partial charge is 0.384 e. The predicted molar refractivity (Wildman–Crippen MR) is 77.5 cm³/mol. The van der Waals surface area contributed by atoms with Crippen LogP contribution < -0.4 is 0 Å². The molecule has 0 saturated heterocycles. The average Bonchev–Trinajstić information content (AvgIpc) is 2.45. The zero-order valence-electron chi connectivity index (χ0n) is 11.3. The van der Waals surface area contributed by atoms with Gasteiger partial charge in [-0.15, -0.1) is 0 Å². The number of ether oxygens (including phenoxy) is 1. The molecule has 2 nitrogen and oxygen atoms in total. The maximum absolute atomic E-state index is 11.6. The van der Waals surface area contributed by atoms with Crippen LogP contribution in [0, 0.1) is 0 Å². The van der Waals surface area contributed by atoms with Gasteiger partial charge in [-0.2, -0.15) is 0 Å². The Morgan fingerprint density at radius 3 is 2.37 bits per heavy atom. The number of carbonyl (C=O) groups is 1. The van der Waals surface area contributed by atoms with Crippen LogP contribution in [0.25, 0.3) is 11.1 Å². The van der Waals surface area contributed by atoms with Gasteiger partial charge in [0.1, 0.15) is 0 Å². The molecule has 0 N–H and O–H groups in total. The van der Waals surface area contributed by atoms with Crippen molar-refractivity contribution < 1.29 is 9.53 Å².